The fourth-order valence-corrected chi connectivity index (χ4v) is 1.74. The molecule has 1 fully saturated rings. The Morgan fingerprint density at radius 3 is 2.82 bits per heavy atom. The normalized spacial score (nSPS) is 27.8. The molecule has 6 nitrogen and oxygen atoms in total. The molecule has 17 heavy (non-hydrogen) atoms. The van der Waals surface area contributed by atoms with E-state index in [2.05, 4.69) is 10.6 Å². The average molecular weight is 246 g/mol. The summed E-state index contributed by atoms with van der Waals surface area (Å²) < 4.78 is 5.27. The van der Waals surface area contributed by atoms with Crippen LogP contribution < -0.4 is 10.6 Å². The molecule has 3 atom stereocenters. The lowest BCUT2D eigenvalue weighted by Crippen LogP contribution is -2.49. The van der Waals surface area contributed by atoms with Gasteiger partial charge in [-0.15, -0.1) is 0 Å². The first-order chi connectivity index (χ1) is 8.00. The summed E-state index contributed by atoms with van der Waals surface area (Å²) in [6.45, 7) is 4.81. The van der Waals surface area contributed by atoms with Crippen molar-refractivity contribution in [3.05, 3.63) is 0 Å². The van der Waals surface area contributed by atoms with Crippen molar-refractivity contribution in [1.29, 1.82) is 0 Å². The Morgan fingerprint density at radius 2 is 2.24 bits per heavy atom. The van der Waals surface area contributed by atoms with Crippen LogP contribution in [-0.2, 0) is 9.53 Å². The van der Waals surface area contributed by atoms with Crippen molar-refractivity contribution in [2.24, 2.45) is 5.92 Å². The van der Waals surface area contributed by atoms with Crippen molar-refractivity contribution in [3.8, 4) is 0 Å². The predicted molar refractivity (Wildman–Crippen MR) is 62.5 cm³/mol. The van der Waals surface area contributed by atoms with Gasteiger partial charge >= 0.3 is 0 Å². The summed E-state index contributed by atoms with van der Waals surface area (Å²) in [7, 11) is 0. The lowest BCUT2D eigenvalue weighted by Gasteiger charge is -2.23. The van der Waals surface area contributed by atoms with Crippen LogP contribution in [0.25, 0.3) is 0 Å². The quantitative estimate of drug-likeness (QED) is 0.456. The van der Waals surface area contributed by atoms with Crippen LogP contribution in [0.15, 0.2) is 0 Å². The molecular weight excluding hydrogens is 224 g/mol. The minimum Gasteiger partial charge on any atom is -0.393 e. The van der Waals surface area contributed by atoms with Crippen LogP contribution in [0.5, 0.6) is 0 Å². The fourth-order valence-electron chi connectivity index (χ4n) is 1.74. The summed E-state index contributed by atoms with van der Waals surface area (Å²) in [5, 5.41) is 24.3. The monoisotopic (exact) mass is 246 g/mol. The molecule has 1 rings (SSSR count). The van der Waals surface area contributed by atoms with Crippen molar-refractivity contribution in [2.75, 3.05) is 32.9 Å². The first-order valence-corrected chi connectivity index (χ1v) is 5.92. The Kier molecular flexibility index (Phi) is 5.32. The molecule has 4 N–H and O–H groups in total. The first-order valence-electron chi connectivity index (χ1n) is 5.92. The number of carbonyl (C=O) groups excluding carboxylic acids is 1. The SMILES string of the molecule is CCNC1COCC1C(=O)NCC(C)(O)CO. The highest BCUT2D eigenvalue weighted by Crippen LogP contribution is 2.14. The summed E-state index contributed by atoms with van der Waals surface area (Å²) in [5.41, 5.74) is -1.27. The van der Waals surface area contributed by atoms with E-state index in [0.717, 1.165) is 6.54 Å². The van der Waals surface area contributed by atoms with Gasteiger partial charge in [0.25, 0.3) is 0 Å². The highest BCUT2D eigenvalue weighted by molar-refractivity contribution is 5.79. The van der Waals surface area contributed by atoms with E-state index in [9.17, 15) is 9.90 Å². The van der Waals surface area contributed by atoms with Gasteiger partial charge in [0.2, 0.25) is 5.91 Å². The lowest BCUT2D eigenvalue weighted by atomic mass is 10.0. The molecule has 1 saturated heterocycles. The minimum atomic E-state index is -1.27. The second kappa shape index (κ2) is 6.30. The van der Waals surface area contributed by atoms with E-state index >= 15 is 0 Å². The number of aliphatic hydroxyl groups is 2. The molecule has 1 aliphatic rings. The molecule has 1 amide bonds. The zero-order chi connectivity index (χ0) is 12.9. The van der Waals surface area contributed by atoms with Crippen LogP contribution in [0.4, 0.5) is 0 Å². The molecule has 1 aliphatic heterocycles. The van der Waals surface area contributed by atoms with Crippen LogP contribution in [0.2, 0.25) is 0 Å². The molecule has 0 aromatic rings. The number of carbonyl (C=O) groups is 1. The third-order valence-corrected chi connectivity index (χ3v) is 2.87. The zero-order valence-corrected chi connectivity index (χ0v) is 10.4. The third kappa shape index (κ3) is 4.23. The Labute approximate surface area is 101 Å². The van der Waals surface area contributed by atoms with Crippen molar-refractivity contribution in [2.45, 2.75) is 25.5 Å². The molecule has 0 saturated carbocycles. The van der Waals surface area contributed by atoms with Crippen molar-refractivity contribution >= 4 is 5.91 Å². The molecule has 0 aliphatic carbocycles. The van der Waals surface area contributed by atoms with Crippen molar-refractivity contribution in [3.63, 3.8) is 0 Å². The summed E-state index contributed by atoms with van der Waals surface area (Å²) in [6.07, 6.45) is 0. The van der Waals surface area contributed by atoms with Gasteiger partial charge in [-0.05, 0) is 13.5 Å². The Morgan fingerprint density at radius 1 is 1.53 bits per heavy atom. The molecule has 1 heterocycles. The van der Waals surface area contributed by atoms with Crippen molar-refractivity contribution in [1.82, 2.24) is 10.6 Å². The Balaban J connectivity index is 2.41. The van der Waals surface area contributed by atoms with Crippen LogP contribution >= 0.6 is 0 Å². The fraction of sp³-hybridized carbons (Fsp3) is 0.909. The standard InChI is InChI=1S/C11H22N2O4/c1-3-12-9-5-17-4-8(9)10(15)13-6-11(2,16)7-14/h8-9,12,14,16H,3-7H2,1-2H3,(H,13,15). The minimum absolute atomic E-state index is 0.0269. The Hall–Kier alpha value is -0.690. The largest absolute Gasteiger partial charge is 0.393 e. The van der Waals surface area contributed by atoms with E-state index in [-0.39, 0.29) is 31.0 Å². The Bertz CT molecular complexity index is 258. The predicted octanol–water partition coefficient (Wildman–Crippen LogP) is -1.53. The number of hydrogen-bond donors (Lipinski definition) is 4. The number of likely N-dealkylation sites (N-methyl/N-ethyl adjacent to an activating group) is 1. The van der Waals surface area contributed by atoms with Crippen LogP contribution in [0, 0.1) is 5.92 Å². The maximum Gasteiger partial charge on any atom is 0.227 e. The highest BCUT2D eigenvalue weighted by atomic mass is 16.5. The lowest BCUT2D eigenvalue weighted by molar-refractivity contribution is -0.126. The number of nitrogens with one attached hydrogen (secondary N) is 2. The van der Waals surface area contributed by atoms with Gasteiger partial charge in [0.1, 0.15) is 5.60 Å². The summed E-state index contributed by atoms with van der Waals surface area (Å²) in [6, 6.07) is 0.0269. The van der Waals surface area contributed by atoms with Gasteiger partial charge in [0.05, 0.1) is 25.7 Å². The first kappa shape index (κ1) is 14.4. The summed E-state index contributed by atoms with van der Waals surface area (Å²) in [5.74, 6) is -0.383. The maximum absolute atomic E-state index is 11.9. The van der Waals surface area contributed by atoms with Gasteiger partial charge < -0.3 is 25.6 Å². The van der Waals surface area contributed by atoms with Gasteiger partial charge in [-0.1, -0.05) is 6.92 Å². The zero-order valence-electron chi connectivity index (χ0n) is 10.4. The van der Waals surface area contributed by atoms with Crippen LogP contribution in [-0.4, -0.2) is 60.7 Å². The number of aliphatic hydroxyl groups excluding tert-OH is 1. The molecule has 0 spiro atoms. The number of hydrogen-bond acceptors (Lipinski definition) is 5. The smallest absolute Gasteiger partial charge is 0.227 e. The second-order valence-electron chi connectivity index (χ2n) is 4.68. The van der Waals surface area contributed by atoms with Crippen LogP contribution in [0.1, 0.15) is 13.8 Å². The molecular formula is C11H22N2O4. The highest BCUT2D eigenvalue weighted by Gasteiger charge is 2.34. The van der Waals surface area contributed by atoms with Gasteiger partial charge in [-0.3, -0.25) is 4.79 Å². The average Bonchev–Trinajstić information content (AvgIpc) is 2.75. The number of rotatable bonds is 6. The molecule has 6 heteroatoms. The van der Waals surface area contributed by atoms with E-state index in [4.69, 9.17) is 9.84 Å². The van der Waals surface area contributed by atoms with Crippen LogP contribution in [0.3, 0.4) is 0 Å². The third-order valence-electron chi connectivity index (χ3n) is 2.87. The van der Waals surface area contributed by atoms with Gasteiger partial charge in [-0.25, -0.2) is 0 Å². The summed E-state index contributed by atoms with van der Waals surface area (Å²) in [4.78, 5) is 11.9. The van der Waals surface area contributed by atoms with E-state index in [1.54, 1.807) is 0 Å². The molecule has 0 aromatic heterocycles. The van der Waals surface area contributed by atoms with E-state index in [1.165, 1.54) is 6.92 Å². The topological polar surface area (TPSA) is 90.8 Å². The second-order valence-corrected chi connectivity index (χ2v) is 4.68. The molecule has 0 bridgehead atoms. The number of ether oxygens (including phenoxy) is 1. The number of amides is 1. The molecule has 3 unspecified atom stereocenters. The van der Waals surface area contributed by atoms with Gasteiger partial charge in [0.15, 0.2) is 0 Å². The van der Waals surface area contributed by atoms with E-state index in [0.29, 0.717) is 13.2 Å². The van der Waals surface area contributed by atoms with Crippen molar-refractivity contribution < 1.29 is 19.7 Å². The van der Waals surface area contributed by atoms with E-state index < -0.39 is 5.60 Å². The molecule has 100 valence electrons. The van der Waals surface area contributed by atoms with Gasteiger partial charge in [0, 0.05) is 12.6 Å². The van der Waals surface area contributed by atoms with E-state index in [1.807, 2.05) is 6.92 Å². The maximum atomic E-state index is 11.9. The summed E-state index contributed by atoms with van der Waals surface area (Å²) >= 11 is 0. The molecule has 0 aromatic carbocycles. The molecule has 0 radical (unpaired) electrons. The van der Waals surface area contributed by atoms with Gasteiger partial charge in [-0.2, -0.15) is 0 Å².